The average Bonchev–Trinajstić information content (AvgIpc) is 2.38. The third-order valence-electron chi connectivity index (χ3n) is 2.69. The molecule has 18 heavy (non-hydrogen) atoms. The number of ether oxygens (including phenoxy) is 1. The van der Waals surface area contributed by atoms with Crippen LogP contribution in [0.25, 0.3) is 0 Å². The molecule has 1 unspecified atom stereocenters. The van der Waals surface area contributed by atoms with Crippen molar-refractivity contribution < 1.29 is 9.84 Å². The van der Waals surface area contributed by atoms with Crippen molar-refractivity contribution in [1.29, 1.82) is 0 Å². The minimum atomic E-state index is -0.804. The zero-order valence-electron chi connectivity index (χ0n) is 9.73. The van der Waals surface area contributed by atoms with Crippen LogP contribution >= 0.6 is 23.2 Å². The van der Waals surface area contributed by atoms with E-state index in [0.29, 0.717) is 26.9 Å². The molecule has 0 heterocycles. The SMILES string of the molecule is COc1ccc(C(O)c2ccccc2Cl)cc1Cl. The van der Waals surface area contributed by atoms with E-state index >= 15 is 0 Å². The molecule has 0 aliphatic heterocycles. The number of benzene rings is 2. The predicted molar refractivity (Wildman–Crippen MR) is 73.5 cm³/mol. The lowest BCUT2D eigenvalue weighted by atomic mass is 10.0. The molecule has 4 heteroatoms. The Bertz CT molecular complexity index is 555. The van der Waals surface area contributed by atoms with Gasteiger partial charge in [0.2, 0.25) is 0 Å². The van der Waals surface area contributed by atoms with Gasteiger partial charge >= 0.3 is 0 Å². The van der Waals surface area contributed by atoms with E-state index in [1.807, 2.05) is 12.1 Å². The average molecular weight is 283 g/mol. The Balaban J connectivity index is 2.37. The van der Waals surface area contributed by atoms with Crippen LogP contribution in [0, 0.1) is 0 Å². The Morgan fingerprint density at radius 3 is 2.39 bits per heavy atom. The highest BCUT2D eigenvalue weighted by Gasteiger charge is 2.14. The molecule has 0 amide bonds. The minimum Gasteiger partial charge on any atom is -0.495 e. The van der Waals surface area contributed by atoms with Gasteiger partial charge in [-0.2, -0.15) is 0 Å². The van der Waals surface area contributed by atoms with Crippen molar-refractivity contribution in [3.8, 4) is 5.75 Å². The molecular formula is C14H12Cl2O2. The molecule has 0 aromatic heterocycles. The summed E-state index contributed by atoms with van der Waals surface area (Å²) in [4.78, 5) is 0. The summed E-state index contributed by atoms with van der Waals surface area (Å²) >= 11 is 12.1. The summed E-state index contributed by atoms with van der Waals surface area (Å²) in [6, 6.07) is 12.3. The number of hydrogen-bond acceptors (Lipinski definition) is 2. The summed E-state index contributed by atoms with van der Waals surface area (Å²) < 4.78 is 5.07. The fourth-order valence-corrected chi connectivity index (χ4v) is 2.23. The zero-order chi connectivity index (χ0) is 13.1. The van der Waals surface area contributed by atoms with E-state index in [1.165, 1.54) is 0 Å². The van der Waals surface area contributed by atoms with Gasteiger partial charge in [0.15, 0.2) is 0 Å². The number of methoxy groups -OCH3 is 1. The Morgan fingerprint density at radius 1 is 1.06 bits per heavy atom. The molecular weight excluding hydrogens is 271 g/mol. The molecule has 2 aromatic rings. The van der Waals surface area contributed by atoms with Gasteiger partial charge in [-0.1, -0.05) is 47.5 Å². The largest absolute Gasteiger partial charge is 0.495 e. The molecule has 0 saturated carbocycles. The first-order valence-corrected chi connectivity index (χ1v) is 6.15. The van der Waals surface area contributed by atoms with Crippen molar-refractivity contribution in [1.82, 2.24) is 0 Å². The van der Waals surface area contributed by atoms with E-state index in [4.69, 9.17) is 27.9 Å². The lowest BCUT2D eigenvalue weighted by molar-refractivity contribution is 0.220. The van der Waals surface area contributed by atoms with Crippen LogP contribution in [0.15, 0.2) is 42.5 Å². The summed E-state index contributed by atoms with van der Waals surface area (Å²) in [6.07, 6.45) is -0.804. The zero-order valence-corrected chi connectivity index (χ0v) is 11.2. The first-order valence-electron chi connectivity index (χ1n) is 5.39. The number of hydrogen-bond donors (Lipinski definition) is 1. The molecule has 2 aromatic carbocycles. The van der Waals surface area contributed by atoms with Gasteiger partial charge in [-0.25, -0.2) is 0 Å². The second-order valence-corrected chi connectivity index (χ2v) is 4.63. The second-order valence-electron chi connectivity index (χ2n) is 3.82. The maximum atomic E-state index is 10.3. The number of rotatable bonds is 3. The van der Waals surface area contributed by atoms with Gasteiger partial charge in [-0.15, -0.1) is 0 Å². The highest BCUT2D eigenvalue weighted by Crippen LogP contribution is 2.32. The molecule has 0 aliphatic carbocycles. The highest BCUT2D eigenvalue weighted by molar-refractivity contribution is 6.32. The molecule has 0 spiro atoms. The second kappa shape index (κ2) is 5.61. The van der Waals surface area contributed by atoms with Crippen LogP contribution in [0.1, 0.15) is 17.2 Å². The Kier molecular flexibility index (Phi) is 4.12. The standard InChI is InChI=1S/C14H12Cl2O2/c1-18-13-7-6-9(8-12(13)16)14(17)10-4-2-3-5-11(10)15/h2-8,14,17H,1H3. The number of aliphatic hydroxyl groups is 1. The smallest absolute Gasteiger partial charge is 0.137 e. The van der Waals surface area contributed by atoms with Gasteiger partial charge in [-0.3, -0.25) is 0 Å². The topological polar surface area (TPSA) is 29.5 Å². The molecule has 0 saturated heterocycles. The lowest BCUT2D eigenvalue weighted by Gasteiger charge is -2.14. The van der Waals surface area contributed by atoms with Gasteiger partial charge in [0.05, 0.1) is 12.1 Å². The molecule has 2 nitrogen and oxygen atoms in total. The summed E-state index contributed by atoms with van der Waals surface area (Å²) in [7, 11) is 1.55. The minimum absolute atomic E-state index is 0.459. The first kappa shape index (κ1) is 13.2. The van der Waals surface area contributed by atoms with Crippen molar-refractivity contribution in [3.05, 3.63) is 63.6 Å². The van der Waals surface area contributed by atoms with Crippen LogP contribution in [-0.4, -0.2) is 12.2 Å². The van der Waals surface area contributed by atoms with Crippen LogP contribution in [0.3, 0.4) is 0 Å². The molecule has 94 valence electrons. The maximum absolute atomic E-state index is 10.3. The van der Waals surface area contributed by atoms with Crippen molar-refractivity contribution in [2.45, 2.75) is 6.10 Å². The van der Waals surface area contributed by atoms with Gasteiger partial charge < -0.3 is 9.84 Å². The fourth-order valence-electron chi connectivity index (χ4n) is 1.73. The molecule has 1 N–H and O–H groups in total. The van der Waals surface area contributed by atoms with Gasteiger partial charge in [0.1, 0.15) is 11.9 Å². The first-order chi connectivity index (χ1) is 8.63. The summed E-state index contributed by atoms with van der Waals surface area (Å²) in [6.45, 7) is 0. The molecule has 0 bridgehead atoms. The third-order valence-corrected chi connectivity index (χ3v) is 3.33. The van der Waals surface area contributed by atoms with E-state index in [1.54, 1.807) is 37.4 Å². The van der Waals surface area contributed by atoms with Crippen LogP contribution < -0.4 is 4.74 Å². The van der Waals surface area contributed by atoms with Gasteiger partial charge in [0, 0.05) is 10.6 Å². The van der Waals surface area contributed by atoms with Crippen LogP contribution in [0.2, 0.25) is 10.0 Å². The van der Waals surface area contributed by atoms with Crippen LogP contribution in [-0.2, 0) is 0 Å². The van der Waals surface area contributed by atoms with E-state index < -0.39 is 6.10 Å². The van der Waals surface area contributed by atoms with Crippen molar-refractivity contribution in [2.75, 3.05) is 7.11 Å². The van der Waals surface area contributed by atoms with E-state index in [2.05, 4.69) is 0 Å². The molecule has 0 aliphatic rings. The number of halogens is 2. The number of aliphatic hydroxyl groups excluding tert-OH is 1. The Labute approximate surface area is 116 Å². The molecule has 2 rings (SSSR count). The fraction of sp³-hybridized carbons (Fsp3) is 0.143. The van der Waals surface area contributed by atoms with Gasteiger partial charge in [0.25, 0.3) is 0 Å². The highest BCUT2D eigenvalue weighted by atomic mass is 35.5. The maximum Gasteiger partial charge on any atom is 0.137 e. The Hall–Kier alpha value is -1.22. The third kappa shape index (κ3) is 2.61. The summed E-state index contributed by atoms with van der Waals surface area (Å²) in [5.41, 5.74) is 1.33. The van der Waals surface area contributed by atoms with Crippen molar-refractivity contribution in [3.63, 3.8) is 0 Å². The van der Waals surface area contributed by atoms with Crippen LogP contribution in [0.4, 0.5) is 0 Å². The van der Waals surface area contributed by atoms with E-state index in [9.17, 15) is 5.11 Å². The predicted octanol–water partition coefficient (Wildman–Crippen LogP) is 4.08. The van der Waals surface area contributed by atoms with E-state index in [-0.39, 0.29) is 0 Å². The van der Waals surface area contributed by atoms with Crippen molar-refractivity contribution in [2.24, 2.45) is 0 Å². The normalized spacial score (nSPS) is 12.2. The summed E-state index contributed by atoms with van der Waals surface area (Å²) in [5.74, 6) is 0.576. The Morgan fingerprint density at radius 2 is 1.78 bits per heavy atom. The quantitative estimate of drug-likeness (QED) is 0.919. The lowest BCUT2D eigenvalue weighted by Crippen LogP contribution is -2.00. The molecule has 1 atom stereocenters. The van der Waals surface area contributed by atoms with Crippen LogP contribution in [0.5, 0.6) is 5.75 Å². The van der Waals surface area contributed by atoms with Gasteiger partial charge in [-0.05, 0) is 23.8 Å². The van der Waals surface area contributed by atoms with Crippen molar-refractivity contribution >= 4 is 23.2 Å². The summed E-state index contributed by atoms with van der Waals surface area (Å²) in [5, 5.41) is 11.3. The molecule has 0 fully saturated rings. The van der Waals surface area contributed by atoms with E-state index in [0.717, 1.165) is 0 Å². The molecule has 0 radical (unpaired) electrons. The monoisotopic (exact) mass is 282 g/mol.